The lowest BCUT2D eigenvalue weighted by Gasteiger charge is -2.39. The molecule has 2 aliphatic heterocycles. The van der Waals surface area contributed by atoms with Crippen molar-refractivity contribution in [1.82, 2.24) is 10.2 Å². The van der Waals surface area contributed by atoms with Gasteiger partial charge in [0, 0.05) is 6.04 Å². The normalized spacial score (nSPS) is 22.3. The van der Waals surface area contributed by atoms with Crippen molar-refractivity contribution >= 4 is 5.69 Å². The van der Waals surface area contributed by atoms with E-state index in [0.29, 0.717) is 5.92 Å². The Kier molecular flexibility index (Phi) is 4.66. The second-order valence-electron chi connectivity index (χ2n) is 6.29. The van der Waals surface area contributed by atoms with Crippen LogP contribution in [0.15, 0.2) is 18.2 Å². The summed E-state index contributed by atoms with van der Waals surface area (Å²) >= 11 is 0. The minimum atomic E-state index is 0.650. The molecule has 0 bridgehead atoms. The minimum Gasteiger partial charge on any atom is -0.495 e. The van der Waals surface area contributed by atoms with Crippen molar-refractivity contribution in [3.63, 3.8) is 0 Å². The molecule has 4 heteroatoms. The average molecular weight is 289 g/mol. The zero-order chi connectivity index (χ0) is 14.7. The van der Waals surface area contributed by atoms with Crippen LogP contribution in [0.25, 0.3) is 0 Å². The van der Waals surface area contributed by atoms with E-state index in [1.165, 1.54) is 57.4 Å². The van der Waals surface area contributed by atoms with E-state index in [2.05, 4.69) is 22.3 Å². The van der Waals surface area contributed by atoms with E-state index >= 15 is 0 Å². The van der Waals surface area contributed by atoms with Crippen molar-refractivity contribution in [3.8, 4) is 5.75 Å². The number of nitrogens with two attached hydrogens (primary N) is 1. The molecule has 1 aromatic carbocycles. The fourth-order valence-corrected chi connectivity index (χ4v) is 3.75. The fourth-order valence-electron chi connectivity index (χ4n) is 3.75. The first-order valence-electron chi connectivity index (χ1n) is 8.16. The van der Waals surface area contributed by atoms with Crippen LogP contribution in [-0.2, 0) is 0 Å². The standard InChI is InChI=1S/C17H27N3O/c1-21-17-12-14(2-3-16(17)18)13-6-10-20(11-7-13)15-4-8-19-9-5-15/h2-3,12-13,15,19H,4-11,18H2,1H3. The van der Waals surface area contributed by atoms with Gasteiger partial charge in [0.05, 0.1) is 12.8 Å². The first-order valence-corrected chi connectivity index (χ1v) is 8.16. The Hall–Kier alpha value is -1.26. The fraction of sp³-hybridized carbons (Fsp3) is 0.647. The molecule has 2 aliphatic rings. The minimum absolute atomic E-state index is 0.650. The molecule has 2 heterocycles. The van der Waals surface area contributed by atoms with E-state index in [9.17, 15) is 0 Å². The molecule has 2 saturated heterocycles. The van der Waals surface area contributed by atoms with Crippen LogP contribution in [0.1, 0.15) is 37.2 Å². The Labute approximate surface area is 127 Å². The summed E-state index contributed by atoms with van der Waals surface area (Å²) in [5.41, 5.74) is 8.02. The van der Waals surface area contributed by atoms with Gasteiger partial charge in [0.1, 0.15) is 5.75 Å². The number of anilines is 1. The number of nitrogens with zero attached hydrogens (tertiary/aromatic N) is 1. The highest BCUT2D eigenvalue weighted by molar-refractivity contribution is 5.54. The molecule has 0 saturated carbocycles. The van der Waals surface area contributed by atoms with Crippen LogP contribution in [0.4, 0.5) is 5.69 Å². The van der Waals surface area contributed by atoms with Gasteiger partial charge in [0.2, 0.25) is 0 Å². The third-order valence-electron chi connectivity index (χ3n) is 5.08. The van der Waals surface area contributed by atoms with Crippen molar-refractivity contribution in [2.24, 2.45) is 0 Å². The molecule has 3 N–H and O–H groups in total. The molecule has 1 aromatic rings. The second kappa shape index (κ2) is 6.67. The summed E-state index contributed by atoms with van der Waals surface area (Å²) in [6.07, 6.45) is 5.11. The van der Waals surface area contributed by atoms with Crippen LogP contribution in [-0.4, -0.2) is 44.2 Å². The van der Waals surface area contributed by atoms with Crippen molar-refractivity contribution in [3.05, 3.63) is 23.8 Å². The molecule has 0 unspecified atom stereocenters. The zero-order valence-corrected chi connectivity index (χ0v) is 13.0. The number of rotatable bonds is 3. The van der Waals surface area contributed by atoms with E-state index in [1.54, 1.807) is 7.11 Å². The maximum absolute atomic E-state index is 5.91. The van der Waals surface area contributed by atoms with Crippen LogP contribution >= 0.6 is 0 Å². The lowest BCUT2D eigenvalue weighted by molar-refractivity contribution is 0.127. The van der Waals surface area contributed by atoms with Gasteiger partial charge in [-0.25, -0.2) is 0 Å². The van der Waals surface area contributed by atoms with Gasteiger partial charge in [0.15, 0.2) is 0 Å². The number of hydrogen-bond donors (Lipinski definition) is 2. The number of nitrogen functional groups attached to an aromatic ring is 1. The molecule has 0 aliphatic carbocycles. The van der Waals surface area contributed by atoms with Gasteiger partial charge >= 0.3 is 0 Å². The largest absolute Gasteiger partial charge is 0.495 e. The summed E-state index contributed by atoms with van der Waals surface area (Å²) in [6.45, 7) is 4.81. The molecule has 0 radical (unpaired) electrons. The number of hydrogen-bond acceptors (Lipinski definition) is 4. The Bertz CT molecular complexity index is 463. The molecule has 2 fully saturated rings. The SMILES string of the molecule is COc1cc(C2CCN(C3CCNCC3)CC2)ccc1N. The van der Waals surface area contributed by atoms with Gasteiger partial charge < -0.3 is 20.7 Å². The van der Waals surface area contributed by atoms with Gasteiger partial charge in [-0.05, 0) is 75.5 Å². The van der Waals surface area contributed by atoms with Crippen LogP contribution in [0.2, 0.25) is 0 Å². The summed E-state index contributed by atoms with van der Waals surface area (Å²) in [5.74, 6) is 1.46. The lowest BCUT2D eigenvalue weighted by atomic mass is 9.88. The summed E-state index contributed by atoms with van der Waals surface area (Å²) in [4.78, 5) is 2.70. The molecular formula is C17H27N3O. The van der Waals surface area contributed by atoms with Gasteiger partial charge in [-0.1, -0.05) is 6.07 Å². The van der Waals surface area contributed by atoms with Crippen molar-refractivity contribution in [1.29, 1.82) is 0 Å². The monoisotopic (exact) mass is 289 g/mol. The highest BCUT2D eigenvalue weighted by Gasteiger charge is 2.26. The van der Waals surface area contributed by atoms with E-state index in [-0.39, 0.29) is 0 Å². The van der Waals surface area contributed by atoms with E-state index in [0.717, 1.165) is 17.5 Å². The summed E-state index contributed by atoms with van der Waals surface area (Å²) in [5, 5.41) is 3.45. The molecule has 0 spiro atoms. The molecule has 0 amide bonds. The molecule has 4 nitrogen and oxygen atoms in total. The smallest absolute Gasteiger partial charge is 0.142 e. The third-order valence-corrected chi connectivity index (χ3v) is 5.08. The average Bonchev–Trinajstić information content (AvgIpc) is 2.56. The molecule has 0 atom stereocenters. The third kappa shape index (κ3) is 3.33. The van der Waals surface area contributed by atoms with Crippen molar-refractivity contribution in [2.75, 3.05) is 39.0 Å². The molecule has 0 aromatic heterocycles. The molecule has 116 valence electrons. The second-order valence-corrected chi connectivity index (χ2v) is 6.29. The quantitative estimate of drug-likeness (QED) is 0.838. The highest BCUT2D eigenvalue weighted by Crippen LogP contribution is 2.33. The van der Waals surface area contributed by atoms with E-state index in [4.69, 9.17) is 10.5 Å². The van der Waals surface area contributed by atoms with E-state index in [1.807, 2.05) is 6.07 Å². The Morgan fingerprint density at radius 1 is 1.14 bits per heavy atom. The van der Waals surface area contributed by atoms with Gasteiger partial charge in [-0.15, -0.1) is 0 Å². The molecular weight excluding hydrogens is 262 g/mol. The number of benzene rings is 1. The van der Waals surface area contributed by atoms with Gasteiger partial charge in [-0.2, -0.15) is 0 Å². The zero-order valence-electron chi connectivity index (χ0n) is 13.0. The first kappa shape index (κ1) is 14.7. The van der Waals surface area contributed by atoms with Gasteiger partial charge in [-0.3, -0.25) is 0 Å². The molecule has 21 heavy (non-hydrogen) atoms. The van der Waals surface area contributed by atoms with Crippen LogP contribution in [0.5, 0.6) is 5.75 Å². The number of ether oxygens (including phenoxy) is 1. The number of nitrogens with one attached hydrogen (secondary N) is 1. The van der Waals surface area contributed by atoms with Crippen LogP contribution in [0.3, 0.4) is 0 Å². The predicted molar refractivity (Wildman–Crippen MR) is 86.8 cm³/mol. The van der Waals surface area contributed by atoms with Crippen molar-refractivity contribution < 1.29 is 4.74 Å². The maximum atomic E-state index is 5.91. The molecule has 3 rings (SSSR count). The first-order chi connectivity index (χ1) is 10.3. The van der Waals surface area contributed by atoms with Gasteiger partial charge in [0.25, 0.3) is 0 Å². The van der Waals surface area contributed by atoms with Crippen molar-refractivity contribution in [2.45, 2.75) is 37.6 Å². The topological polar surface area (TPSA) is 50.5 Å². The number of likely N-dealkylation sites (tertiary alicyclic amines) is 1. The number of methoxy groups -OCH3 is 1. The highest BCUT2D eigenvalue weighted by atomic mass is 16.5. The number of piperidine rings is 2. The summed E-state index contributed by atoms with van der Waals surface area (Å²) < 4.78 is 5.35. The Morgan fingerprint density at radius 3 is 2.52 bits per heavy atom. The maximum Gasteiger partial charge on any atom is 0.142 e. The Balaban J connectivity index is 1.60. The predicted octanol–water partition coefficient (Wildman–Crippen LogP) is 2.21. The summed E-state index contributed by atoms with van der Waals surface area (Å²) in [6, 6.07) is 7.07. The van der Waals surface area contributed by atoms with Crippen LogP contribution < -0.4 is 15.8 Å². The Morgan fingerprint density at radius 2 is 1.86 bits per heavy atom. The van der Waals surface area contributed by atoms with Crippen LogP contribution in [0, 0.1) is 0 Å². The summed E-state index contributed by atoms with van der Waals surface area (Å²) in [7, 11) is 1.69. The lowest BCUT2D eigenvalue weighted by Crippen LogP contribution is -2.46. The van der Waals surface area contributed by atoms with E-state index < -0.39 is 0 Å².